The molecule has 80 valence electrons. The molecule has 1 heterocycles. The van der Waals surface area contributed by atoms with Crippen LogP contribution in [0, 0.1) is 11.3 Å². The molecule has 0 atom stereocenters. The highest BCUT2D eigenvalue weighted by atomic mass is 79.9. The molecule has 0 aliphatic carbocycles. The zero-order chi connectivity index (χ0) is 11.4. The molecule has 0 fully saturated rings. The Morgan fingerprint density at radius 2 is 2.19 bits per heavy atom. The van der Waals surface area contributed by atoms with Crippen LogP contribution in [0.3, 0.4) is 0 Å². The van der Waals surface area contributed by atoms with Crippen molar-refractivity contribution in [2.24, 2.45) is 0 Å². The van der Waals surface area contributed by atoms with E-state index in [2.05, 4.69) is 27.1 Å². The average Bonchev–Trinajstić information content (AvgIpc) is 2.75. The van der Waals surface area contributed by atoms with Gasteiger partial charge in [0.25, 0.3) is 0 Å². The van der Waals surface area contributed by atoms with Gasteiger partial charge in [0.15, 0.2) is 0 Å². The SMILES string of the molecule is N#CCCn1cc(-c2ccccc2Br)cn1. The van der Waals surface area contributed by atoms with Crippen LogP contribution in [0.25, 0.3) is 11.1 Å². The van der Waals surface area contributed by atoms with E-state index in [1.807, 2.05) is 36.7 Å². The number of aryl methyl sites for hydroxylation is 1. The molecule has 0 aliphatic rings. The summed E-state index contributed by atoms with van der Waals surface area (Å²) in [6.45, 7) is 0.640. The predicted molar refractivity (Wildman–Crippen MR) is 65.6 cm³/mol. The molecule has 0 aliphatic heterocycles. The maximum absolute atomic E-state index is 8.50. The van der Waals surface area contributed by atoms with Gasteiger partial charge in [-0.3, -0.25) is 4.68 Å². The van der Waals surface area contributed by atoms with E-state index < -0.39 is 0 Å². The lowest BCUT2D eigenvalue weighted by atomic mass is 10.1. The van der Waals surface area contributed by atoms with Crippen LogP contribution in [0.15, 0.2) is 41.1 Å². The van der Waals surface area contributed by atoms with Crippen molar-refractivity contribution in [3.05, 3.63) is 41.1 Å². The van der Waals surface area contributed by atoms with E-state index in [4.69, 9.17) is 5.26 Å². The number of rotatable bonds is 3. The molecular formula is C12H10BrN3. The molecule has 16 heavy (non-hydrogen) atoms. The maximum atomic E-state index is 8.50. The van der Waals surface area contributed by atoms with Gasteiger partial charge < -0.3 is 0 Å². The first-order valence-electron chi connectivity index (χ1n) is 4.95. The third-order valence-electron chi connectivity index (χ3n) is 2.27. The van der Waals surface area contributed by atoms with Gasteiger partial charge in [-0.2, -0.15) is 10.4 Å². The van der Waals surface area contributed by atoms with E-state index in [9.17, 15) is 0 Å². The summed E-state index contributed by atoms with van der Waals surface area (Å²) in [5.74, 6) is 0. The summed E-state index contributed by atoms with van der Waals surface area (Å²) >= 11 is 3.51. The minimum absolute atomic E-state index is 0.483. The third-order valence-corrected chi connectivity index (χ3v) is 2.96. The number of hydrogen-bond donors (Lipinski definition) is 0. The molecule has 2 rings (SSSR count). The van der Waals surface area contributed by atoms with Crippen molar-refractivity contribution in [3.8, 4) is 17.2 Å². The second-order valence-electron chi connectivity index (χ2n) is 3.38. The number of aromatic nitrogens is 2. The molecule has 1 aromatic heterocycles. The first-order chi connectivity index (χ1) is 7.81. The molecule has 0 bridgehead atoms. The van der Waals surface area contributed by atoms with Crippen LogP contribution in [0.4, 0.5) is 0 Å². The maximum Gasteiger partial charge on any atom is 0.0641 e. The van der Waals surface area contributed by atoms with Gasteiger partial charge in [-0.15, -0.1) is 0 Å². The zero-order valence-electron chi connectivity index (χ0n) is 8.60. The molecule has 0 saturated heterocycles. The summed E-state index contributed by atoms with van der Waals surface area (Å²) in [4.78, 5) is 0. The summed E-state index contributed by atoms with van der Waals surface area (Å²) in [5, 5.41) is 12.7. The van der Waals surface area contributed by atoms with Crippen LogP contribution in [0.2, 0.25) is 0 Å². The van der Waals surface area contributed by atoms with Gasteiger partial charge in [0, 0.05) is 16.2 Å². The second kappa shape index (κ2) is 4.95. The van der Waals surface area contributed by atoms with Crippen molar-refractivity contribution < 1.29 is 0 Å². The number of nitriles is 1. The van der Waals surface area contributed by atoms with Crippen molar-refractivity contribution in [2.75, 3.05) is 0 Å². The fraction of sp³-hybridized carbons (Fsp3) is 0.167. The first-order valence-corrected chi connectivity index (χ1v) is 5.75. The Kier molecular flexibility index (Phi) is 3.37. The molecule has 0 N–H and O–H groups in total. The fourth-order valence-corrected chi connectivity index (χ4v) is 2.00. The molecular weight excluding hydrogens is 266 g/mol. The number of nitrogens with zero attached hydrogens (tertiary/aromatic N) is 3. The van der Waals surface area contributed by atoms with E-state index >= 15 is 0 Å². The lowest BCUT2D eigenvalue weighted by Crippen LogP contribution is -1.96. The van der Waals surface area contributed by atoms with Gasteiger partial charge in [0.05, 0.1) is 25.2 Å². The predicted octanol–water partition coefficient (Wildman–Crippen LogP) is 3.23. The van der Waals surface area contributed by atoms with Crippen LogP contribution in [-0.4, -0.2) is 9.78 Å². The Morgan fingerprint density at radius 1 is 1.38 bits per heavy atom. The monoisotopic (exact) mass is 275 g/mol. The highest BCUT2D eigenvalue weighted by molar-refractivity contribution is 9.10. The Bertz CT molecular complexity index is 525. The smallest absolute Gasteiger partial charge is 0.0641 e. The highest BCUT2D eigenvalue weighted by Crippen LogP contribution is 2.27. The van der Waals surface area contributed by atoms with E-state index in [1.165, 1.54) is 0 Å². The van der Waals surface area contributed by atoms with E-state index in [0.29, 0.717) is 13.0 Å². The minimum atomic E-state index is 0.483. The Labute approximate surface area is 102 Å². The quantitative estimate of drug-likeness (QED) is 0.863. The lowest BCUT2D eigenvalue weighted by molar-refractivity contribution is 0.628. The van der Waals surface area contributed by atoms with Crippen LogP contribution in [0.1, 0.15) is 6.42 Å². The van der Waals surface area contributed by atoms with Gasteiger partial charge in [-0.05, 0) is 11.6 Å². The van der Waals surface area contributed by atoms with Crippen LogP contribution < -0.4 is 0 Å². The van der Waals surface area contributed by atoms with Crippen LogP contribution >= 0.6 is 15.9 Å². The Morgan fingerprint density at radius 3 is 2.94 bits per heavy atom. The van der Waals surface area contributed by atoms with Gasteiger partial charge in [0.1, 0.15) is 0 Å². The van der Waals surface area contributed by atoms with Gasteiger partial charge in [-0.1, -0.05) is 34.1 Å². The molecule has 2 aromatic rings. The number of hydrogen-bond acceptors (Lipinski definition) is 2. The Hall–Kier alpha value is -1.60. The van der Waals surface area contributed by atoms with Gasteiger partial charge >= 0.3 is 0 Å². The number of benzene rings is 1. The van der Waals surface area contributed by atoms with Crippen molar-refractivity contribution in [3.63, 3.8) is 0 Å². The minimum Gasteiger partial charge on any atom is -0.271 e. The van der Waals surface area contributed by atoms with Gasteiger partial charge in [-0.25, -0.2) is 0 Å². The van der Waals surface area contributed by atoms with Crippen LogP contribution in [-0.2, 0) is 6.54 Å². The van der Waals surface area contributed by atoms with Crippen molar-refractivity contribution in [2.45, 2.75) is 13.0 Å². The normalized spacial score (nSPS) is 10.0. The summed E-state index contributed by atoms with van der Waals surface area (Å²) in [5.41, 5.74) is 2.18. The standard InChI is InChI=1S/C12H10BrN3/c13-12-5-2-1-4-11(12)10-8-15-16(9-10)7-3-6-14/h1-2,4-5,8-9H,3,7H2. The lowest BCUT2D eigenvalue weighted by Gasteiger charge is -1.99. The summed E-state index contributed by atoms with van der Waals surface area (Å²) < 4.78 is 2.84. The molecule has 0 amide bonds. The third kappa shape index (κ3) is 2.31. The zero-order valence-corrected chi connectivity index (χ0v) is 10.2. The van der Waals surface area contributed by atoms with Crippen molar-refractivity contribution in [1.82, 2.24) is 9.78 Å². The average molecular weight is 276 g/mol. The first kappa shape index (κ1) is 10.9. The summed E-state index contributed by atoms with van der Waals surface area (Å²) in [7, 11) is 0. The molecule has 0 spiro atoms. The fourth-order valence-electron chi connectivity index (χ4n) is 1.48. The summed E-state index contributed by atoms with van der Waals surface area (Å²) in [6, 6.07) is 10.1. The second-order valence-corrected chi connectivity index (χ2v) is 4.23. The summed E-state index contributed by atoms with van der Waals surface area (Å²) in [6.07, 6.45) is 4.26. The number of halogens is 1. The molecule has 0 saturated carbocycles. The molecule has 3 nitrogen and oxygen atoms in total. The topological polar surface area (TPSA) is 41.6 Å². The van der Waals surface area contributed by atoms with E-state index in [-0.39, 0.29) is 0 Å². The van der Waals surface area contributed by atoms with Crippen molar-refractivity contribution in [1.29, 1.82) is 5.26 Å². The van der Waals surface area contributed by atoms with Crippen molar-refractivity contribution >= 4 is 15.9 Å². The molecule has 1 aromatic carbocycles. The van der Waals surface area contributed by atoms with Gasteiger partial charge in [0.2, 0.25) is 0 Å². The largest absolute Gasteiger partial charge is 0.271 e. The molecule has 0 unspecified atom stereocenters. The van der Waals surface area contributed by atoms with E-state index in [0.717, 1.165) is 15.6 Å². The van der Waals surface area contributed by atoms with E-state index in [1.54, 1.807) is 4.68 Å². The van der Waals surface area contributed by atoms with Crippen LogP contribution in [0.5, 0.6) is 0 Å². The Balaban J connectivity index is 2.26. The highest BCUT2D eigenvalue weighted by Gasteiger charge is 2.04. The molecule has 4 heteroatoms. The molecule has 0 radical (unpaired) electrons.